The highest BCUT2D eigenvalue weighted by molar-refractivity contribution is 7.12. The standard InChI is InChI=1S/C13H18N2O2S/c1-8-7-10(9(2)18-8)12(16)15-11-5-3-4-6-14-13(11)17/h7,11H,3-6H2,1-2H3,(H,14,17)(H,15,16)/t11-/m1/s1. The molecule has 1 atom stereocenters. The van der Waals surface area contributed by atoms with Gasteiger partial charge in [0.05, 0.1) is 5.56 Å². The Morgan fingerprint density at radius 1 is 1.44 bits per heavy atom. The molecule has 18 heavy (non-hydrogen) atoms. The van der Waals surface area contributed by atoms with Gasteiger partial charge < -0.3 is 10.6 Å². The van der Waals surface area contributed by atoms with Crippen LogP contribution < -0.4 is 10.6 Å². The molecule has 0 saturated carbocycles. The summed E-state index contributed by atoms with van der Waals surface area (Å²) in [6.45, 7) is 4.62. The monoisotopic (exact) mass is 266 g/mol. The third-order valence-electron chi connectivity index (χ3n) is 3.13. The molecular formula is C13H18N2O2S. The summed E-state index contributed by atoms with van der Waals surface area (Å²) in [4.78, 5) is 26.0. The Kier molecular flexibility index (Phi) is 4.01. The van der Waals surface area contributed by atoms with Crippen LogP contribution in [0.1, 0.15) is 39.4 Å². The number of hydrogen-bond donors (Lipinski definition) is 2. The van der Waals surface area contributed by atoms with Crippen LogP contribution in [-0.4, -0.2) is 24.4 Å². The van der Waals surface area contributed by atoms with Crippen LogP contribution in [0.15, 0.2) is 6.07 Å². The predicted molar refractivity (Wildman–Crippen MR) is 71.9 cm³/mol. The van der Waals surface area contributed by atoms with E-state index in [0.29, 0.717) is 12.1 Å². The minimum atomic E-state index is -0.389. The average Bonchev–Trinajstić information content (AvgIpc) is 2.52. The number of hydrogen-bond acceptors (Lipinski definition) is 3. The van der Waals surface area contributed by atoms with Gasteiger partial charge in [0.1, 0.15) is 6.04 Å². The summed E-state index contributed by atoms with van der Waals surface area (Å²) in [5, 5.41) is 5.65. The molecule has 0 bridgehead atoms. The Morgan fingerprint density at radius 3 is 2.89 bits per heavy atom. The van der Waals surface area contributed by atoms with E-state index in [0.717, 1.165) is 29.0 Å². The summed E-state index contributed by atoms with van der Waals surface area (Å²) in [5.74, 6) is -0.204. The van der Waals surface area contributed by atoms with Crippen LogP contribution in [-0.2, 0) is 4.79 Å². The van der Waals surface area contributed by atoms with Gasteiger partial charge in [-0.15, -0.1) is 11.3 Å². The van der Waals surface area contributed by atoms with Crippen molar-refractivity contribution in [3.8, 4) is 0 Å². The van der Waals surface area contributed by atoms with Crippen LogP contribution in [0.2, 0.25) is 0 Å². The molecule has 0 aliphatic carbocycles. The fraction of sp³-hybridized carbons (Fsp3) is 0.538. The Hall–Kier alpha value is -1.36. The third-order valence-corrected chi connectivity index (χ3v) is 4.09. The van der Waals surface area contributed by atoms with Crippen LogP contribution in [0.3, 0.4) is 0 Å². The second kappa shape index (κ2) is 5.52. The van der Waals surface area contributed by atoms with Gasteiger partial charge in [0, 0.05) is 16.3 Å². The minimum absolute atomic E-state index is 0.0644. The number of aryl methyl sites for hydroxylation is 2. The summed E-state index contributed by atoms with van der Waals surface area (Å²) in [7, 11) is 0. The lowest BCUT2D eigenvalue weighted by Crippen LogP contribution is -2.45. The summed E-state index contributed by atoms with van der Waals surface area (Å²) in [5.41, 5.74) is 0.689. The summed E-state index contributed by atoms with van der Waals surface area (Å²) < 4.78 is 0. The lowest BCUT2D eigenvalue weighted by molar-refractivity contribution is -0.122. The molecule has 2 heterocycles. The molecule has 2 amide bonds. The molecule has 98 valence electrons. The van der Waals surface area contributed by atoms with E-state index in [2.05, 4.69) is 10.6 Å². The van der Waals surface area contributed by atoms with Crippen LogP contribution >= 0.6 is 11.3 Å². The summed E-state index contributed by atoms with van der Waals surface area (Å²) in [6.07, 6.45) is 2.67. The molecule has 0 radical (unpaired) electrons. The summed E-state index contributed by atoms with van der Waals surface area (Å²) in [6, 6.07) is 1.49. The SMILES string of the molecule is Cc1cc(C(=O)N[C@@H]2CCCCNC2=O)c(C)s1. The zero-order chi connectivity index (χ0) is 13.1. The molecule has 1 aliphatic rings. The molecule has 0 spiro atoms. The molecule has 0 aromatic carbocycles. The van der Waals surface area contributed by atoms with Crippen molar-refractivity contribution < 1.29 is 9.59 Å². The van der Waals surface area contributed by atoms with E-state index in [1.807, 2.05) is 19.9 Å². The second-order valence-electron chi connectivity index (χ2n) is 4.64. The van der Waals surface area contributed by atoms with E-state index in [9.17, 15) is 9.59 Å². The van der Waals surface area contributed by atoms with E-state index in [1.165, 1.54) is 0 Å². The molecule has 0 unspecified atom stereocenters. The topological polar surface area (TPSA) is 58.2 Å². The molecule has 1 aromatic rings. The number of carbonyl (C=O) groups is 2. The number of rotatable bonds is 2. The van der Waals surface area contributed by atoms with Crippen molar-refractivity contribution in [2.24, 2.45) is 0 Å². The first-order valence-electron chi connectivity index (χ1n) is 6.23. The fourth-order valence-electron chi connectivity index (χ4n) is 2.17. The van der Waals surface area contributed by atoms with E-state index >= 15 is 0 Å². The normalized spacial score (nSPS) is 20.1. The Balaban J connectivity index is 2.06. The first-order chi connectivity index (χ1) is 8.58. The molecule has 1 aliphatic heterocycles. The highest BCUT2D eigenvalue weighted by Crippen LogP contribution is 2.20. The predicted octanol–water partition coefficient (Wildman–Crippen LogP) is 1.76. The van der Waals surface area contributed by atoms with Crippen molar-refractivity contribution in [3.05, 3.63) is 21.4 Å². The molecule has 5 heteroatoms. The Morgan fingerprint density at radius 2 is 2.22 bits per heavy atom. The van der Waals surface area contributed by atoms with Gasteiger partial charge in [-0.2, -0.15) is 0 Å². The first kappa shape index (κ1) is 13.1. The van der Waals surface area contributed by atoms with E-state index in [1.54, 1.807) is 11.3 Å². The van der Waals surface area contributed by atoms with Crippen molar-refractivity contribution in [2.45, 2.75) is 39.2 Å². The lowest BCUT2D eigenvalue weighted by Gasteiger charge is -2.14. The van der Waals surface area contributed by atoms with Crippen LogP contribution in [0.25, 0.3) is 0 Å². The van der Waals surface area contributed by atoms with Crippen molar-refractivity contribution in [2.75, 3.05) is 6.54 Å². The quantitative estimate of drug-likeness (QED) is 0.857. The molecule has 2 rings (SSSR count). The first-order valence-corrected chi connectivity index (χ1v) is 7.05. The van der Waals surface area contributed by atoms with E-state index in [4.69, 9.17) is 0 Å². The Labute approximate surface area is 111 Å². The van der Waals surface area contributed by atoms with Crippen molar-refractivity contribution in [1.82, 2.24) is 10.6 Å². The molecule has 1 saturated heterocycles. The maximum atomic E-state index is 12.1. The second-order valence-corrected chi connectivity index (χ2v) is 6.10. The third kappa shape index (κ3) is 2.90. The average molecular weight is 266 g/mol. The van der Waals surface area contributed by atoms with Gasteiger partial charge in [-0.25, -0.2) is 0 Å². The highest BCUT2D eigenvalue weighted by Gasteiger charge is 2.23. The van der Waals surface area contributed by atoms with Gasteiger partial charge in [-0.3, -0.25) is 9.59 Å². The lowest BCUT2D eigenvalue weighted by atomic mass is 10.1. The van der Waals surface area contributed by atoms with Gasteiger partial charge in [0.15, 0.2) is 0 Å². The molecule has 2 N–H and O–H groups in total. The van der Waals surface area contributed by atoms with Crippen LogP contribution in [0.4, 0.5) is 0 Å². The fourth-order valence-corrected chi connectivity index (χ4v) is 3.09. The Bertz CT molecular complexity index is 468. The van der Waals surface area contributed by atoms with Gasteiger partial charge >= 0.3 is 0 Å². The van der Waals surface area contributed by atoms with Crippen molar-refractivity contribution in [1.29, 1.82) is 0 Å². The zero-order valence-electron chi connectivity index (χ0n) is 10.7. The van der Waals surface area contributed by atoms with Crippen LogP contribution in [0.5, 0.6) is 0 Å². The number of thiophene rings is 1. The maximum absolute atomic E-state index is 12.1. The molecular weight excluding hydrogens is 248 g/mol. The molecule has 1 aromatic heterocycles. The number of carbonyl (C=O) groups excluding carboxylic acids is 2. The van der Waals surface area contributed by atoms with Crippen LogP contribution in [0, 0.1) is 13.8 Å². The highest BCUT2D eigenvalue weighted by atomic mass is 32.1. The van der Waals surface area contributed by atoms with Gasteiger partial charge in [-0.05, 0) is 39.2 Å². The van der Waals surface area contributed by atoms with Gasteiger partial charge in [0.2, 0.25) is 5.91 Å². The summed E-state index contributed by atoms with van der Waals surface area (Å²) >= 11 is 1.60. The maximum Gasteiger partial charge on any atom is 0.253 e. The van der Waals surface area contributed by atoms with Gasteiger partial charge in [-0.1, -0.05) is 0 Å². The minimum Gasteiger partial charge on any atom is -0.354 e. The van der Waals surface area contributed by atoms with Gasteiger partial charge in [0.25, 0.3) is 5.91 Å². The van der Waals surface area contributed by atoms with E-state index < -0.39 is 0 Å². The zero-order valence-corrected chi connectivity index (χ0v) is 11.5. The van der Waals surface area contributed by atoms with E-state index in [-0.39, 0.29) is 17.9 Å². The largest absolute Gasteiger partial charge is 0.354 e. The smallest absolute Gasteiger partial charge is 0.253 e. The molecule has 1 fully saturated rings. The number of nitrogens with one attached hydrogen (secondary N) is 2. The van der Waals surface area contributed by atoms with Crippen molar-refractivity contribution in [3.63, 3.8) is 0 Å². The van der Waals surface area contributed by atoms with Crippen molar-refractivity contribution >= 4 is 23.2 Å². The number of amides is 2. The molecule has 4 nitrogen and oxygen atoms in total.